The number of nitrogens with zero attached hydrogens (tertiary/aromatic N) is 1. The molecule has 13 heteroatoms. The number of rotatable bonds is 5. The van der Waals surface area contributed by atoms with Crippen LogP contribution in [0, 0.1) is 6.92 Å². The van der Waals surface area contributed by atoms with Crippen molar-refractivity contribution in [1.29, 1.82) is 0 Å². The van der Waals surface area contributed by atoms with E-state index in [0.717, 1.165) is 40.8 Å². The van der Waals surface area contributed by atoms with E-state index in [2.05, 4.69) is 0 Å². The monoisotopic (exact) mass is 667 g/mol. The third-order valence-corrected chi connectivity index (χ3v) is 12.2. The fourth-order valence-corrected chi connectivity index (χ4v) is 10.6. The molecule has 1 amide bonds. The van der Waals surface area contributed by atoms with Crippen LogP contribution in [0.3, 0.4) is 0 Å². The number of hydrogen-bond donors (Lipinski definition) is 0. The van der Waals surface area contributed by atoms with Crippen molar-refractivity contribution >= 4 is 76.3 Å². The van der Waals surface area contributed by atoms with Crippen LogP contribution in [-0.4, -0.2) is 67.8 Å². The van der Waals surface area contributed by atoms with Crippen molar-refractivity contribution in [1.82, 2.24) is 0 Å². The van der Waals surface area contributed by atoms with Gasteiger partial charge in [0.1, 0.15) is 18.8 Å². The summed E-state index contributed by atoms with van der Waals surface area (Å²) in [5, 5.41) is 0. The summed E-state index contributed by atoms with van der Waals surface area (Å²) in [5.41, 5.74) is 1.68. The number of amides is 1. The fraction of sp³-hybridized carbons (Fsp3) is 0.281. The highest BCUT2D eigenvalue weighted by molar-refractivity contribution is 8.26. The summed E-state index contributed by atoms with van der Waals surface area (Å²) >= 11 is 2.78. The largest absolute Gasteiger partial charge is 0.466 e. The highest BCUT2D eigenvalue weighted by atomic mass is 32.2. The minimum atomic E-state index is -1.63. The molecule has 45 heavy (non-hydrogen) atoms. The van der Waals surface area contributed by atoms with Crippen LogP contribution in [0.15, 0.2) is 73.7 Å². The lowest BCUT2D eigenvalue weighted by molar-refractivity contribution is -0.138. The predicted molar refractivity (Wildman–Crippen MR) is 173 cm³/mol. The van der Waals surface area contributed by atoms with Gasteiger partial charge >= 0.3 is 23.9 Å². The summed E-state index contributed by atoms with van der Waals surface area (Å²) in [5.74, 6) is -3.63. The molecule has 0 aliphatic carbocycles. The van der Waals surface area contributed by atoms with Crippen LogP contribution in [0.1, 0.15) is 35.3 Å². The molecule has 3 aliphatic rings. The molecular weight excluding hydrogens is 639 g/mol. The van der Waals surface area contributed by atoms with Crippen LogP contribution in [0.25, 0.3) is 5.57 Å². The van der Waals surface area contributed by atoms with Crippen LogP contribution in [0.4, 0.5) is 5.69 Å². The van der Waals surface area contributed by atoms with Crippen molar-refractivity contribution in [3.63, 3.8) is 0 Å². The highest BCUT2D eigenvalue weighted by Gasteiger charge is 2.61. The Bertz CT molecular complexity index is 1730. The average Bonchev–Trinajstić information content (AvgIpc) is 3.43. The van der Waals surface area contributed by atoms with E-state index in [1.165, 1.54) is 28.4 Å². The van der Waals surface area contributed by atoms with Crippen molar-refractivity contribution in [2.45, 2.75) is 30.4 Å². The summed E-state index contributed by atoms with van der Waals surface area (Å²) < 4.78 is 18.8. The van der Waals surface area contributed by atoms with Gasteiger partial charge in [-0.25, -0.2) is 19.2 Å². The molecule has 0 atom stereocenters. The average molecular weight is 668 g/mol. The minimum absolute atomic E-state index is 0.102. The van der Waals surface area contributed by atoms with Gasteiger partial charge in [0.15, 0.2) is 0 Å². The van der Waals surface area contributed by atoms with E-state index in [0.29, 0.717) is 27.3 Å². The molecular formula is C32H29NO9S3. The maximum Gasteiger partial charge on any atom is 0.345 e. The van der Waals surface area contributed by atoms with Crippen LogP contribution in [-0.2, 0) is 38.1 Å². The first-order valence-electron chi connectivity index (χ1n) is 13.5. The van der Waals surface area contributed by atoms with Crippen LogP contribution in [0.5, 0.6) is 0 Å². The van der Waals surface area contributed by atoms with E-state index in [1.54, 1.807) is 29.2 Å². The first-order chi connectivity index (χ1) is 21.4. The normalized spacial score (nSPS) is 17.9. The zero-order valence-corrected chi connectivity index (χ0v) is 27.9. The number of carbonyl (C=O) groups is 5. The van der Waals surface area contributed by atoms with Gasteiger partial charge in [0.25, 0.3) is 5.91 Å². The lowest BCUT2D eigenvalue weighted by Crippen LogP contribution is -2.53. The Kier molecular flexibility index (Phi) is 8.73. The molecule has 0 saturated heterocycles. The van der Waals surface area contributed by atoms with E-state index >= 15 is 0 Å². The van der Waals surface area contributed by atoms with Crippen molar-refractivity contribution < 1.29 is 42.9 Å². The topological polar surface area (TPSA) is 126 Å². The Morgan fingerprint density at radius 2 is 1.24 bits per heavy atom. The Hall–Kier alpha value is -3.94. The maximum atomic E-state index is 14.3. The van der Waals surface area contributed by atoms with Crippen LogP contribution >= 0.6 is 35.3 Å². The van der Waals surface area contributed by atoms with Gasteiger partial charge in [0.05, 0.1) is 45.2 Å². The van der Waals surface area contributed by atoms with E-state index < -0.39 is 33.5 Å². The van der Waals surface area contributed by atoms with E-state index in [-0.39, 0.29) is 26.2 Å². The number of methoxy groups -OCH3 is 4. The van der Waals surface area contributed by atoms with Crippen LogP contribution in [0.2, 0.25) is 0 Å². The third kappa shape index (κ3) is 5.06. The molecule has 0 radical (unpaired) electrons. The maximum absolute atomic E-state index is 14.3. The first kappa shape index (κ1) is 32.5. The number of hydrogen-bond acceptors (Lipinski definition) is 12. The third-order valence-electron chi connectivity index (χ3n) is 7.52. The number of esters is 4. The summed E-state index contributed by atoms with van der Waals surface area (Å²) in [7, 11) is 4.71. The van der Waals surface area contributed by atoms with Crippen molar-refractivity contribution in [3.05, 3.63) is 90.4 Å². The second kappa shape index (κ2) is 12.1. The first-order valence-corrected chi connectivity index (χ1v) is 16.0. The SMILES string of the molecule is COC(=O)C1=C(C(=O)OC)SC2(S1)C(C(=O)OC)=C(C(=O)OC)SC1=C2c2cc(C)ccc2N(C(=O)c2ccccc2)C1(C)C. The Morgan fingerprint density at radius 1 is 0.711 bits per heavy atom. The van der Waals surface area contributed by atoms with E-state index in [9.17, 15) is 24.0 Å². The quantitative estimate of drug-likeness (QED) is 0.306. The number of benzene rings is 2. The molecule has 234 valence electrons. The molecule has 0 aromatic heterocycles. The molecule has 1 spiro atoms. The summed E-state index contributed by atoms with van der Waals surface area (Å²) in [6.45, 7) is 5.56. The molecule has 2 aromatic carbocycles. The standard InChI is InChI=1S/C32H29NO9S3/c1-16-13-14-19-18(15-16)20-25(31(2,3)33(19)26(34)17-11-9-8-10-12-17)43-22(28(36)40-5)21(27(35)39-4)32(20)44-23(29(37)41-6)24(45-32)30(38)42-7/h8-15H,1-7H3. The minimum Gasteiger partial charge on any atom is -0.466 e. The van der Waals surface area contributed by atoms with Gasteiger partial charge in [0.2, 0.25) is 0 Å². The van der Waals surface area contributed by atoms with Gasteiger partial charge in [-0.05, 0) is 45.0 Å². The summed E-state index contributed by atoms with van der Waals surface area (Å²) in [4.78, 5) is 69.7. The molecule has 0 bridgehead atoms. The van der Waals surface area contributed by atoms with Crippen molar-refractivity contribution in [2.24, 2.45) is 0 Å². The number of anilines is 1. The zero-order chi connectivity index (χ0) is 32.8. The van der Waals surface area contributed by atoms with Gasteiger partial charge in [0, 0.05) is 21.6 Å². The number of carbonyl (C=O) groups excluding carboxylic acids is 5. The van der Waals surface area contributed by atoms with Gasteiger partial charge < -0.3 is 18.9 Å². The molecule has 0 unspecified atom stereocenters. The number of fused-ring (bicyclic) bond motifs is 3. The number of ether oxygens (including phenoxy) is 4. The second-order valence-corrected chi connectivity index (χ2v) is 14.3. The fourth-order valence-electron chi connectivity index (χ4n) is 5.50. The Morgan fingerprint density at radius 3 is 1.78 bits per heavy atom. The van der Waals surface area contributed by atoms with Gasteiger partial charge in [-0.2, -0.15) is 0 Å². The second-order valence-electron chi connectivity index (χ2n) is 10.5. The highest BCUT2D eigenvalue weighted by Crippen LogP contribution is 2.71. The molecule has 5 rings (SSSR count). The molecule has 3 aliphatic heterocycles. The Labute approximate surface area is 272 Å². The summed E-state index contributed by atoms with van der Waals surface area (Å²) in [6.07, 6.45) is 0. The van der Waals surface area contributed by atoms with Crippen molar-refractivity contribution in [3.8, 4) is 0 Å². The molecule has 10 nitrogen and oxygen atoms in total. The molecule has 0 N–H and O–H groups in total. The molecule has 0 saturated carbocycles. The molecule has 0 fully saturated rings. The smallest absolute Gasteiger partial charge is 0.345 e. The van der Waals surface area contributed by atoms with E-state index in [4.69, 9.17) is 18.9 Å². The zero-order valence-electron chi connectivity index (χ0n) is 25.5. The molecule has 2 aromatic rings. The molecule has 3 heterocycles. The van der Waals surface area contributed by atoms with Gasteiger partial charge in [-0.1, -0.05) is 65.1 Å². The van der Waals surface area contributed by atoms with Gasteiger partial charge in [-0.15, -0.1) is 0 Å². The van der Waals surface area contributed by atoms with Gasteiger partial charge in [-0.3, -0.25) is 9.69 Å². The lowest BCUT2D eigenvalue weighted by Gasteiger charge is -2.50. The van der Waals surface area contributed by atoms with Crippen LogP contribution < -0.4 is 4.90 Å². The number of aryl methyl sites for hydroxylation is 1. The predicted octanol–water partition coefficient (Wildman–Crippen LogP) is 5.23. The Balaban J connectivity index is 1.90. The van der Waals surface area contributed by atoms with Crippen molar-refractivity contribution in [2.75, 3.05) is 33.3 Å². The van der Waals surface area contributed by atoms with E-state index in [1.807, 2.05) is 45.0 Å². The number of thioether (sulfide) groups is 3. The lowest BCUT2D eigenvalue weighted by atomic mass is 9.82. The summed E-state index contributed by atoms with van der Waals surface area (Å²) in [6, 6.07) is 14.4.